The molecule has 0 spiro atoms. The van der Waals surface area contributed by atoms with Crippen LogP contribution in [-0.4, -0.2) is 6.04 Å². The molecule has 2 heteroatoms. The van der Waals surface area contributed by atoms with Crippen LogP contribution in [0.3, 0.4) is 0 Å². The van der Waals surface area contributed by atoms with Gasteiger partial charge >= 0.3 is 0 Å². The second-order valence-corrected chi connectivity index (χ2v) is 15.9. The van der Waals surface area contributed by atoms with Gasteiger partial charge in [0.2, 0.25) is 0 Å². The molecule has 0 N–H and O–H groups in total. The summed E-state index contributed by atoms with van der Waals surface area (Å²) in [6.07, 6.45) is 9.17. The predicted molar refractivity (Wildman–Crippen MR) is 247 cm³/mol. The number of fused-ring (bicyclic) bond motifs is 6. The molecule has 2 aliphatic rings. The van der Waals surface area contributed by atoms with E-state index in [2.05, 4.69) is 223 Å². The molecule has 8 aromatic carbocycles. The monoisotopic (exact) mass is 757 g/mol. The van der Waals surface area contributed by atoms with Crippen LogP contribution in [0.2, 0.25) is 0 Å². The number of aryl methyl sites for hydroxylation is 1. The summed E-state index contributed by atoms with van der Waals surface area (Å²) in [6, 6.07) is 72.9. The maximum Gasteiger partial charge on any atom is 0.136 e. The van der Waals surface area contributed by atoms with E-state index >= 15 is 0 Å². The maximum absolute atomic E-state index is 6.69. The van der Waals surface area contributed by atoms with Gasteiger partial charge in [0, 0.05) is 33.6 Å². The summed E-state index contributed by atoms with van der Waals surface area (Å²) in [4.78, 5) is 2.62. The normalized spacial score (nSPS) is 17.2. The zero-order valence-corrected chi connectivity index (χ0v) is 32.8. The molecule has 0 bridgehead atoms. The zero-order valence-electron chi connectivity index (χ0n) is 32.8. The number of furan rings is 1. The Morgan fingerprint density at radius 3 is 1.81 bits per heavy atom. The van der Waals surface area contributed by atoms with Crippen LogP contribution in [-0.2, 0) is 6.42 Å². The molecule has 282 valence electrons. The largest absolute Gasteiger partial charge is 0.456 e. The van der Waals surface area contributed by atoms with E-state index in [1.807, 2.05) is 0 Å². The minimum atomic E-state index is 0.000156. The van der Waals surface area contributed by atoms with E-state index < -0.39 is 0 Å². The Hall–Kier alpha value is -7.16. The van der Waals surface area contributed by atoms with Gasteiger partial charge in [-0.2, -0.15) is 0 Å². The molecule has 11 rings (SSSR count). The van der Waals surface area contributed by atoms with Gasteiger partial charge in [0.15, 0.2) is 0 Å². The van der Waals surface area contributed by atoms with Gasteiger partial charge in [-0.1, -0.05) is 182 Å². The highest BCUT2D eigenvalue weighted by molar-refractivity contribution is 6.15. The lowest BCUT2D eigenvalue weighted by atomic mass is 9.71. The van der Waals surface area contributed by atoms with Crippen molar-refractivity contribution >= 4 is 38.9 Å². The third-order valence-electron chi connectivity index (χ3n) is 12.6. The first-order valence-electron chi connectivity index (χ1n) is 20.8. The average Bonchev–Trinajstić information content (AvgIpc) is 3.60. The molecule has 59 heavy (non-hydrogen) atoms. The van der Waals surface area contributed by atoms with Crippen molar-refractivity contribution in [3.63, 3.8) is 0 Å². The van der Waals surface area contributed by atoms with Crippen molar-refractivity contribution in [2.45, 2.75) is 24.8 Å². The number of hydrogen-bond acceptors (Lipinski definition) is 2. The molecular weight excluding hydrogens is 715 g/mol. The first-order chi connectivity index (χ1) is 29.3. The van der Waals surface area contributed by atoms with Crippen molar-refractivity contribution in [2.24, 2.45) is 5.92 Å². The Kier molecular flexibility index (Phi) is 8.89. The summed E-state index contributed by atoms with van der Waals surface area (Å²) in [5.41, 5.74) is 17.0. The van der Waals surface area contributed by atoms with Gasteiger partial charge in [-0.25, -0.2) is 0 Å². The summed E-state index contributed by atoms with van der Waals surface area (Å²) in [6.45, 7) is 0. The van der Waals surface area contributed by atoms with Crippen LogP contribution in [0, 0.1) is 5.92 Å². The zero-order chi connectivity index (χ0) is 39.1. The molecule has 3 atom stereocenters. The lowest BCUT2D eigenvalue weighted by molar-refractivity contribution is 0.452. The minimum Gasteiger partial charge on any atom is -0.456 e. The fourth-order valence-electron chi connectivity index (χ4n) is 9.97. The van der Waals surface area contributed by atoms with Crippen LogP contribution in [0.1, 0.15) is 29.0 Å². The molecule has 0 aliphatic heterocycles. The third kappa shape index (κ3) is 6.29. The summed E-state index contributed by atoms with van der Waals surface area (Å²) in [7, 11) is 0. The average molecular weight is 758 g/mol. The van der Waals surface area contributed by atoms with E-state index in [1.165, 1.54) is 72.4 Å². The van der Waals surface area contributed by atoms with Crippen molar-refractivity contribution in [3.8, 4) is 33.4 Å². The van der Waals surface area contributed by atoms with Gasteiger partial charge in [0.05, 0.1) is 6.04 Å². The summed E-state index contributed by atoms with van der Waals surface area (Å²) in [5, 5.41) is 2.35. The smallest absolute Gasteiger partial charge is 0.136 e. The quantitative estimate of drug-likeness (QED) is 0.161. The van der Waals surface area contributed by atoms with E-state index in [0.717, 1.165) is 29.4 Å². The molecular formula is C57H43NO. The summed E-state index contributed by atoms with van der Waals surface area (Å²) >= 11 is 0. The van der Waals surface area contributed by atoms with Crippen molar-refractivity contribution in [3.05, 3.63) is 235 Å². The van der Waals surface area contributed by atoms with E-state index in [4.69, 9.17) is 4.42 Å². The topological polar surface area (TPSA) is 16.4 Å². The summed E-state index contributed by atoms with van der Waals surface area (Å²) < 4.78 is 6.69. The Morgan fingerprint density at radius 1 is 0.475 bits per heavy atom. The van der Waals surface area contributed by atoms with Crippen molar-refractivity contribution in [2.75, 3.05) is 4.90 Å². The number of para-hydroxylation sites is 1. The highest BCUT2D eigenvalue weighted by Gasteiger charge is 2.42. The van der Waals surface area contributed by atoms with E-state index in [1.54, 1.807) is 0 Å². The van der Waals surface area contributed by atoms with E-state index in [-0.39, 0.29) is 17.9 Å². The van der Waals surface area contributed by atoms with Gasteiger partial charge < -0.3 is 9.32 Å². The fourth-order valence-corrected chi connectivity index (χ4v) is 9.97. The molecule has 0 saturated carbocycles. The molecule has 2 aliphatic carbocycles. The second kappa shape index (κ2) is 15.0. The number of rotatable bonds is 7. The van der Waals surface area contributed by atoms with E-state index in [0.29, 0.717) is 0 Å². The number of allylic oxidation sites excluding steroid dienone is 2. The third-order valence-corrected chi connectivity index (χ3v) is 12.6. The number of anilines is 2. The van der Waals surface area contributed by atoms with Gasteiger partial charge in [-0.15, -0.1) is 0 Å². The lowest BCUT2D eigenvalue weighted by Crippen LogP contribution is -2.40. The highest BCUT2D eigenvalue weighted by atomic mass is 16.3. The van der Waals surface area contributed by atoms with E-state index in [9.17, 15) is 0 Å². The Balaban J connectivity index is 1.15. The lowest BCUT2D eigenvalue weighted by Gasteiger charge is -2.43. The van der Waals surface area contributed by atoms with Crippen molar-refractivity contribution in [1.82, 2.24) is 0 Å². The van der Waals surface area contributed by atoms with Crippen LogP contribution in [0.4, 0.5) is 11.4 Å². The highest BCUT2D eigenvalue weighted by Crippen LogP contribution is 2.54. The minimum absolute atomic E-state index is 0.000156. The second-order valence-electron chi connectivity index (χ2n) is 15.9. The molecule has 1 aromatic heterocycles. The SMILES string of the molecule is C1=CC(N(c2ccc(-c3ccccc3)cc2)c2cccc(-c3ccccc3)c2)C2C(=C1)c1c(cc3oc4ccccc4c3c1-c1ccccc1)CCC2c1ccccc1. The van der Waals surface area contributed by atoms with Crippen LogP contribution in [0.5, 0.6) is 0 Å². The Bertz CT molecular complexity index is 2980. The predicted octanol–water partition coefficient (Wildman–Crippen LogP) is 15.1. The van der Waals surface area contributed by atoms with Crippen molar-refractivity contribution in [1.29, 1.82) is 0 Å². The first kappa shape index (κ1) is 35.0. The van der Waals surface area contributed by atoms with Gasteiger partial charge in [0.1, 0.15) is 11.2 Å². The fraction of sp³-hybridized carbons (Fsp3) is 0.0877. The van der Waals surface area contributed by atoms with Crippen LogP contribution < -0.4 is 4.90 Å². The van der Waals surface area contributed by atoms with Crippen LogP contribution in [0.25, 0.3) is 60.9 Å². The Labute approximate surface area is 346 Å². The van der Waals surface area contributed by atoms with Gasteiger partial charge in [-0.3, -0.25) is 0 Å². The number of nitrogens with zero attached hydrogens (tertiary/aromatic N) is 1. The molecule has 9 aromatic rings. The standard InChI is InChI=1S/C57H43NO/c1-5-17-39(18-6-1)41-31-34-46(35-32-41)58(47-26-15-25-44(37-47)40-19-7-2-8-20-40)51-29-16-28-50-54-45(33-36-48(56(50)51)42-21-9-3-10-22-42)38-53-57(49-27-13-14-30-52(49)59-53)55(54)43-23-11-4-12-24-43/h1-32,34-35,37-38,48,51,56H,33,36H2. The van der Waals surface area contributed by atoms with Crippen molar-refractivity contribution < 1.29 is 4.42 Å². The van der Waals surface area contributed by atoms with Crippen LogP contribution >= 0.6 is 0 Å². The molecule has 0 saturated heterocycles. The number of benzene rings is 8. The van der Waals surface area contributed by atoms with Crippen LogP contribution in [0.15, 0.2) is 223 Å². The molecule has 2 nitrogen and oxygen atoms in total. The Morgan fingerprint density at radius 2 is 1.08 bits per heavy atom. The molecule has 3 unspecified atom stereocenters. The maximum atomic E-state index is 6.69. The number of hydrogen-bond donors (Lipinski definition) is 0. The summed E-state index contributed by atoms with van der Waals surface area (Å²) in [5.74, 6) is 0.371. The molecule has 0 fully saturated rings. The van der Waals surface area contributed by atoms with Gasteiger partial charge in [-0.05, 0) is 105 Å². The molecule has 1 heterocycles. The molecule has 0 amide bonds. The first-order valence-corrected chi connectivity index (χ1v) is 20.8. The van der Waals surface area contributed by atoms with Gasteiger partial charge in [0.25, 0.3) is 0 Å². The molecule has 0 radical (unpaired) electrons.